The number of hydrogen-bond acceptors (Lipinski definition) is 4. The summed E-state index contributed by atoms with van der Waals surface area (Å²) in [6.45, 7) is 1.52. The van der Waals surface area contributed by atoms with E-state index in [2.05, 4.69) is 4.98 Å². The monoisotopic (exact) mass is 192 g/mol. The number of hydrogen-bond donors (Lipinski definition) is 2. The molecule has 0 aromatic carbocycles. The van der Waals surface area contributed by atoms with Gasteiger partial charge in [-0.3, -0.25) is 4.55 Å². The Bertz CT molecular complexity index is 380. The van der Waals surface area contributed by atoms with Gasteiger partial charge in [0.2, 0.25) is 5.88 Å². The summed E-state index contributed by atoms with van der Waals surface area (Å²) >= 11 is 0. The highest BCUT2D eigenvalue weighted by Gasteiger charge is 2.09. The van der Waals surface area contributed by atoms with E-state index in [4.69, 9.17) is 9.66 Å². The first kappa shape index (κ1) is 9.01. The summed E-state index contributed by atoms with van der Waals surface area (Å²) in [5.74, 6) is -0.534. The molecule has 1 aromatic heterocycles. The molecule has 0 bridgehead atoms. The second kappa shape index (κ2) is 2.76. The first-order valence-electron chi connectivity index (χ1n) is 3.06. The molecule has 68 valence electrons. The molecule has 2 N–H and O–H groups in total. The fourth-order valence-electron chi connectivity index (χ4n) is 0.798. The summed E-state index contributed by atoms with van der Waals surface area (Å²) in [7, 11) is -4.07. The van der Waals surface area contributed by atoms with Gasteiger partial charge < -0.3 is 9.67 Å². The molecule has 1 heterocycles. The van der Waals surface area contributed by atoms with Crippen LogP contribution >= 0.6 is 0 Å². The quantitative estimate of drug-likeness (QED) is 0.630. The van der Waals surface area contributed by atoms with Gasteiger partial charge in [0.05, 0.1) is 6.20 Å². The van der Waals surface area contributed by atoms with Crippen molar-refractivity contribution in [2.45, 2.75) is 12.8 Å². The number of rotatable bonds is 2. The third-order valence-corrected chi connectivity index (χ3v) is 1.87. The summed E-state index contributed by atoms with van der Waals surface area (Å²) in [6.07, 6.45) is 1.13. The van der Waals surface area contributed by atoms with E-state index in [1.54, 1.807) is 0 Å². The van der Waals surface area contributed by atoms with Crippen molar-refractivity contribution in [1.82, 2.24) is 9.55 Å². The molecule has 7 heteroatoms. The lowest BCUT2D eigenvalue weighted by atomic mass is 10.7. The Morgan fingerprint density at radius 3 is 2.58 bits per heavy atom. The first-order valence-corrected chi connectivity index (χ1v) is 4.67. The molecule has 0 amide bonds. The minimum Gasteiger partial charge on any atom is -0.492 e. The van der Waals surface area contributed by atoms with Crippen LogP contribution in [0.25, 0.3) is 0 Å². The molecule has 0 aliphatic heterocycles. The van der Waals surface area contributed by atoms with Gasteiger partial charge >= 0.3 is 0 Å². The van der Waals surface area contributed by atoms with Crippen molar-refractivity contribution in [1.29, 1.82) is 0 Å². The summed E-state index contributed by atoms with van der Waals surface area (Å²) in [6, 6.07) is 0. The van der Waals surface area contributed by atoms with E-state index in [0.717, 1.165) is 10.8 Å². The van der Waals surface area contributed by atoms with E-state index < -0.39 is 16.0 Å². The van der Waals surface area contributed by atoms with Crippen LogP contribution in [0.3, 0.4) is 0 Å². The van der Waals surface area contributed by atoms with E-state index in [0.29, 0.717) is 5.82 Å². The van der Waals surface area contributed by atoms with E-state index in [1.807, 2.05) is 0 Å². The predicted molar refractivity (Wildman–Crippen MR) is 40.2 cm³/mol. The third kappa shape index (κ3) is 2.21. The molecule has 0 aliphatic rings. The largest absolute Gasteiger partial charge is 0.492 e. The second-order valence-corrected chi connectivity index (χ2v) is 3.75. The molecule has 12 heavy (non-hydrogen) atoms. The second-order valence-electron chi connectivity index (χ2n) is 2.33. The Labute approximate surface area is 69.2 Å². The molecular formula is C5H8N2O4S. The number of aromatic hydroxyl groups is 1. The van der Waals surface area contributed by atoms with E-state index in [-0.39, 0.29) is 5.88 Å². The molecule has 0 saturated carbocycles. The van der Waals surface area contributed by atoms with Crippen molar-refractivity contribution in [3.05, 3.63) is 12.0 Å². The van der Waals surface area contributed by atoms with E-state index in [1.165, 1.54) is 6.92 Å². The van der Waals surface area contributed by atoms with Crippen LogP contribution in [0.2, 0.25) is 0 Å². The topological polar surface area (TPSA) is 92.4 Å². The SMILES string of the molecule is Cc1nc(O)cn1CS(=O)(=O)O. The van der Waals surface area contributed by atoms with Crippen molar-refractivity contribution in [2.24, 2.45) is 0 Å². The highest BCUT2D eigenvalue weighted by Crippen LogP contribution is 2.08. The van der Waals surface area contributed by atoms with Crippen molar-refractivity contribution in [2.75, 3.05) is 0 Å². The van der Waals surface area contributed by atoms with Gasteiger partial charge in [-0.2, -0.15) is 13.4 Å². The van der Waals surface area contributed by atoms with Gasteiger partial charge in [-0.05, 0) is 6.92 Å². The Hall–Kier alpha value is -1.08. The molecule has 0 aliphatic carbocycles. The van der Waals surface area contributed by atoms with Gasteiger partial charge in [0.15, 0.2) is 5.88 Å². The lowest BCUT2D eigenvalue weighted by molar-refractivity contribution is 0.454. The van der Waals surface area contributed by atoms with Gasteiger partial charge in [-0.1, -0.05) is 0 Å². The maximum Gasteiger partial charge on any atom is 0.283 e. The molecule has 0 spiro atoms. The number of imidazole rings is 1. The normalized spacial score (nSPS) is 11.8. The molecule has 0 unspecified atom stereocenters. The molecule has 1 rings (SSSR count). The van der Waals surface area contributed by atoms with Gasteiger partial charge in [0.1, 0.15) is 5.82 Å². The fourth-order valence-corrected chi connectivity index (χ4v) is 1.41. The molecule has 0 fully saturated rings. The zero-order valence-corrected chi connectivity index (χ0v) is 7.11. The van der Waals surface area contributed by atoms with Crippen molar-refractivity contribution in [3.63, 3.8) is 0 Å². The van der Waals surface area contributed by atoms with Crippen LogP contribution in [-0.4, -0.2) is 27.6 Å². The Morgan fingerprint density at radius 1 is 1.67 bits per heavy atom. The van der Waals surface area contributed by atoms with Gasteiger partial charge in [-0.15, -0.1) is 0 Å². The number of nitrogens with zero attached hydrogens (tertiary/aromatic N) is 2. The minimum absolute atomic E-state index is 0.267. The van der Waals surface area contributed by atoms with Crippen LogP contribution in [0.4, 0.5) is 0 Å². The third-order valence-electron chi connectivity index (χ3n) is 1.27. The zero-order valence-electron chi connectivity index (χ0n) is 6.30. The molecule has 0 radical (unpaired) electrons. The Morgan fingerprint density at radius 2 is 2.25 bits per heavy atom. The number of aryl methyl sites for hydroxylation is 1. The minimum atomic E-state index is -4.07. The van der Waals surface area contributed by atoms with Gasteiger partial charge in [-0.25, -0.2) is 0 Å². The van der Waals surface area contributed by atoms with Crippen molar-refractivity contribution >= 4 is 10.1 Å². The highest BCUT2D eigenvalue weighted by atomic mass is 32.2. The maximum atomic E-state index is 10.4. The van der Waals surface area contributed by atoms with Crippen LogP contribution in [-0.2, 0) is 16.0 Å². The summed E-state index contributed by atoms with van der Waals surface area (Å²) < 4.78 is 30.4. The lowest BCUT2D eigenvalue weighted by Crippen LogP contribution is -2.09. The zero-order chi connectivity index (χ0) is 9.35. The van der Waals surface area contributed by atoms with E-state index in [9.17, 15) is 8.42 Å². The smallest absolute Gasteiger partial charge is 0.283 e. The molecule has 0 saturated heterocycles. The predicted octanol–water partition coefficient (Wildman–Crippen LogP) is -0.258. The molecule has 6 nitrogen and oxygen atoms in total. The Kier molecular flexibility index (Phi) is 2.07. The van der Waals surface area contributed by atoms with Crippen LogP contribution in [0, 0.1) is 6.92 Å². The van der Waals surface area contributed by atoms with Crippen LogP contribution < -0.4 is 0 Å². The van der Waals surface area contributed by atoms with Gasteiger partial charge in [0.25, 0.3) is 10.1 Å². The maximum absolute atomic E-state index is 10.4. The first-order chi connectivity index (χ1) is 5.38. The van der Waals surface area contributed by atoms with Crippen molar-refractivity contribution in [3.8, 4) is 5.88 Å². The molecule has 0 atom stereocenters. The summed E-state index contributed by atoms with van der Waals surface area (Å²) in [5.41, 5.74) is 0. The lowest BCUT2D eigenvalue weighted by Gasteiger charge is -1.99. The van der Waals surface area contributed by atoms with E-state index >= 15 is 0 Å². The highest BCUT2D eigenvalue weighted by molar-refractivity contribution is 7.84. The average molecular weight is 192 g/mol. The van der Waals surface area contributed by atoms with Crippen LogP contribution in [0.1, 0.15) is 5.82 Å². The summed E-state index contributed by atoms with van der Waals surface area (Å²) in [5, 5.41) is 8.82. The average Bonchev–Trinajstić information content (AvgIpc) is 2.06. The molecular weight excluding hydrogens is 184 g/mol. The summed E-state index contributed by atoms with van der Waals surface area (Å²) in [4.78, 5) is 3.54. The van der Waals surface area contributed by atoms with Crippen LogP contribution in [0.5, 0.6) is 5.88 Å². The Balaban J connectivity index is 2.97. The molecule has 1 aromatic rings. The van der Waals surface area contributed by atoms with Crippen molar-refractivity contribution < 1.29 is 18.1 Å². The standard InChI is InChI=1S/C5H8N2O4S/c1-4-6-5(8)2-7(4)3-12(9,10)11/h2,8H,3H2,1H3,(H,9,10,11). The fraction of sp³-hybridized carbons (Fsp3) is 0.400. The van der Waals surface area contributed by atoms with Crippen LogP contribution in [0.15, 0.2) is 6.20 Å². The van der Waals surface area contributed by atoms with Gasteiger partial charge in [0, 0.05) is 0 Å². The number of aromatic nitrogens is 2.